The van der Waals surface area contributed by atoms with Crippen molar-refractivity contribution in [2.24, 2.45) is 0 Å². The first-order valence-corrected chi connectivity index (χ1v) is 11.3. The Kier molecular flexibility index (Phi) is 6.00. The molecule has 0 unspecified atom stereocenters. The first-order chi connectivity index (χ1) is 14.8. The Morgan fingerprint density at radius 1 is 1.00 bits per heavy atom. The van der Waals surface area contributed by atoms with Gasteiger partial charge in [-0.25, -0.2) is 9.97 Å². The monoisotopic (exact) mass is 474 g/mol. The van der Waals surface area contributed by atoms with E-state index in [9.17, 15) is 8.42 Å². The molecule has 0 fully saturated rings. The summed E-state index contributed by atoms with van der Waals surface area (Å²) in [6.07, 6.45) is 1.61. The van der Waals surface area contributed by atoms with Crippen molar-refractivity contribution in [2.75, 3.05) is 0 Å². The van der Waals surface area contributed by atoms with Crippen molar-refractivity contribution in [3.8, 4) is 11.6 Å². The maximum Gasteiger partial charge on any atom is 0.339 e. The lowest BCUT2D eigenvalue weighted by Gasteiger charge is -2.12. The van der Waals surface area contributed by atoms with Crippen molar-refractivity contribution in [1.82, 2.24) is 9.97 Å². The molecule has 0 amide bonds. The SMILES string of the molecule is Cc1ccc(S(=O)(=O)Oc2ccc3nc(Cl)c(COc4ccccn4)c(Cl)c3c2)cc1. The van der Waals surface area contributed by atoms with Gasteiger partial charge < -0.3 is 8.92 Å². The van der Waals surface area contributed by atoms with E-state index in [1.54, 1.807) is 42.6 Å². The van der Waals surface area contributed by atoms with E-state index < -0.39 is 10.1 Å². The minimum absolute atomic E-state index is 0.0460. The fraction of sp³-hybridized carbons (Fsp3) is 0.0909. The standard InChI is InChI=1S/C22H16Cl2N2O4S/c1-14-5-8-16(9-6-14)31(27,28)30-15-7-10-19-17(12-15)21(23)18(22(24)26-19)13-29-20-4-2-3-11-25-20/h2-12H,13H2,1H3. The number of aryl methyl sites for hydroxylation is 1. The summed E-state index contributed by atoms with van der Waals surface area (Å²) < 4.78 is 36.1. The number of rotatable bonds is 6. The molecule has 2 heterocycles. The van der Waals surface area contributed by atoms with Crippen molar-refractivity contribution >= 4 is 44.2 Å². The zero-order chi connectivity index (χ0) is 22.0. The Hall–Kier alpha value is -2.87. The quantitative estimate of drug-likeness (QED) is 0.267. The summed E-state index contributed by atoms with van der Waals surface area (Å²) in [7, 11) is -4.00. The zero-order valence-corrected chi connectivity index (χ0v) is 18.6. The first-order valence-electron chi connectivity index (χ1n) is 9.16. The second kappa shape index (κ2) is 8.70. The highest BCUT2D eigenvalue weighted by atomic mass is 35.5. The molecule has 31 heavy (non-hydrogen) atoms. The summed E-state index contributed by atoms with van der Waals surface area (Å²) in [5, 5.41) is 0.973. The van der Waals surface area contributed by atoms with Crippen LogP contribution in [0.3, 0.4) is 0 Å². The van der Waals surface area contributed by atoms with Crippen LogP contribution in [0.1, 0.15) is 11.1 Å². The highest BCUT2D eigenvalue weighted by molar-refractivity contribution is 7.87. The van der Waals surface area contributed by atoms with Crippen molar-refractivity contribution in [3.63, 3.8) is 0 Å². The number of aromatic nitrogens is 2. The average molecular weight is 475 g/mol. The largest absolute Gasteiger partial charge is 0.473 e. The van der Waals surface area contributed by atoms with Crippen LogP contribution in [0.25, 0.3) is 10.9 Å². The minimum Gasteiger partial charge on any atom is -0.473 e. The predicted octanol–water partition coefficient (Wildman–Crippen LogP) is 5.59. The molecule has 0 bridgehead atoms. The summed E-state index contributed by atoms with van der Waals surface area (Å²) in [4.78, 5) is 8.48. The van der Waals surface area contributed by atoms with Gasteiger partial charge in [0, 0.05) is 23.2 Å². The number of fused-ring (bicyclic) bond motifs is 1. The normalized spacial score (nSPS) is 11.5. The molecule has 6 nitrogen and oxygen atoms in total. The van der Waals surface area contributed by atoms with Crippen molar-refractivity contribution in [3.05, 3.63) is 88.2 Å². The van der Waals surface area contributed by atoms with Gasteiger partial charge in [0.05, 0.1) is 10.5 Å². The van der Waals surface area contributed by atoms with E-state index >= 15 is 0 Å². The molecule has 4 rings (SSSR count). The van der Waals surface area contributed by atoms with E-state index in [-0.39, 0.29) is 22.4 Å². The topological polar surface area (TPSA) is 78.4 Å². The van der Waals surface area contributed by atoms with E-state index in [1.165, 1.54) is 24.3 Å². The molecule has 0 radical (unpaired) electrons. The molecule has 0 N–H and O–H groups in total. The van der Waals surface area contributed by atoms with Crippen LogP contribution in [-0.2, 0) is 16.7 Å². The predicted molar refractivity (Wildman–Crippen MR) is 119 cm³/mol. The van der Waals surface area contributed by atoms with Gasteiger partial charge in [-0.15, -0.1) is 0 Å². The highest BCUT2D eigenvalue weighted by Crippen LogP contribution is 2.34. The number of pyridine rings is 2. The van der Waals surface area contributed by atoms with Gasteiger partial charge in [0.1, 0.15) is 22.4 Å². The van der Waals surface area contributed by atoms with Gasteiger partial charge in [0.25, 0.3) is 0 Å². The molecular weight excluding hydrogens is 459 g/mol. The third kappa shape index (κ3) is 4.74. The molecule has 2 aromatic heterocycles. The van der Waals surface area contributed by atoms with E-state index in [1.807, 2.05) is 6.92 Å². The molecule has 2 aromatic carbocycles. The van der Waals surface area contributed by atoms with Crippen LogP contribution < -0.4 is 8.92 Å². The zero-order valence-electron chi connectivity index (χ0n) is 16.2. The van der Waals surface area contributed by atoms with Gasteiger partial charge in [0.15, 0.2) is 0 Å². The Bertz CT molecular complexity index is 1350. The van der Waals surface area contributed by atoms with E-state index in [4.69, 9.17) is 32.1 Å². The Balaban J connectivity index is 1.65. The van der Waals surface area contributed by atoms with Gasteiger partial charge >= 0.3 is 10.1 Å². The van der Waals surface area contributed by atoms with Crippen LogP contribution in [0.5, 0.6) is 11.6 Å². The van der Waals surface area contributed by atoms with Gasteiger partial charge in [-0.05, 0) is 43.3 Å². The lowest BCUT2D eigenvalue weighted by molar-refractivity contribution is 0.294. The molecule has 0 aliphatic heterocycles. The van der Waals surface area contributed by atoms with Gasteiger partial charge in [-0.1, -0.05) is 47.0 Å². The summed E-state index contributed by atoms with van der Waals surface area (Å²) >= 11 is 12.9. The molecule has 158 valence electrons. The van der Waals surface area contributed by atoms with E-state index in [0.717, 1.165) is 5.56 Å². The smallest absolute Gasteiger partial charge is 0.339 e. The van der Waals surface area contributed by atoms with Gasteiger partial charge in [-0.2, -0.15) is 8.42 Å². The number of benzene rings is 2. The molecule has 0 aliphatic carbocycles. The van der Waals surface area contributed by atoms with Crippen LogP contribution in [0.4, 0.5) is 0 Å². The Morgan fingerprint density at radius 2 is 1.77 bits per heavy atom. The molecule has 9 heteroatoms. The Morgan fingerprint density at radius 3 is 2.48 bits per heavy atom. The number of nitrogens with zero attached hydrogens (tertiary/aromatic N) is 2. The maximum absolute atomic E-state index is 12.6. The number of hydrogen-bond acceptors (Lipinski definition) is 6. The summed E-state index contributed by atoms with van der Waals surface area (Å²) in [6.45, 7) is 1.92. The third-order valence-electron chi connectivity index (χ3n) is 4.45. The van der Waals surface area contributed by atoms with Crippen molar-refractivity contribution in [2.45, 2.75) is 18.4 Å². The number of ether oxygens (including phenoxy) is 1. The van der Waals surface area contributed by atoms with Gasteiger partial charge in [0.2, 0.25) is 5.88 Å². The lowest BCUT2D eigenvalue weighted by atomic mass is 10.1. The van der Waals surface area contributed by atoms with E-state index in [0.29, 0.717) is 27.4 Å². The molecule has 0 saturated heterocycles. The van der Waals surface area contributed by atoms with Crippen molar-refractivity contribution in [1.29, 1.82) is 0 Å². The molecular formula is C22H16Cl2N2O4S. The van der Waals surface area contributed by atoms with Crippen LogP contribution in [0, 0.1) is 6.92 Å². The number of hydrogen-bond donors (Lipinski definition) is 0. The second-order valence-electron chi connectivity index (χ2n) is 6.68. The van der Waals surface area contributed by atoms with Gasteiger partial charge in [-0.3, -0.25) is 0 Å². The van der Waals surface area contributed by atoms with Crippen LogP contribution in [0.2, 0.25) is 10.2 Å². The van der Waals surface area contributed by atoms with Crippen LogP contribution >= 0.6 is 23.2 Å². The molecule has 0 aliphatic rings. The van der Waals surface area contributed by atoms with Crippen LogP contribution in [-0.4, -0.2) is 18.4 Å². The lowest BCUT2D eigenvalue weighted by Crippen LogP contribution is -2.09. The molecule has 0 saturated carbocycles. The molecule has 0 spiro atoms. The van der Waals surface area contributed by atoms with E-state index in [2.05, 4.69) is 9.97 Å². The van der Waals surface area contributed by atoms with Crippen molar-refractivity contribution < 1.29 is 17.3 Å². The maximum atomic E-state index is 12.6. The summed E-state index contributed by atoms with van der Waals surface area (Å²) in [5.74, 6) is 0.520. The fourth-order valence-electron chi connectivity index (χ4n) is 2.85. The third-order valence-corrected chi connectivity index (χ3v) is 6.46. The highest BCUT2D eigenvalue weighted by Gasteiger charge is 2.19. The molecule has 0 atom stereocenters. The molecule has 4 aromatic rings. The first kappa shape index (κ1) is 21.4. The summed E-state index contributed by atoms with van der Waals surface area (Å²) in [5.41, 5.74) is 1.90. The number of halogens is 2. The van der Waals surface area contributed by atoms with Crippen LogP contribution in [0.15, 0.2) is 71.8 Å². The summed E-state index contributed by atoms with van der Waals surface area (Å²) in [6, 6.07) is 16.3. The Labute approximate surface area is 189 Å². The second-order valence-corrected chi connectivity index (χ2v) is 8.96. The minimum atomic E-state index is -4.00. The average Bonchev–Trinajstić information content (AvgIpc) is 2.75. The fourth-order valence-corrected chi connectivity index (χ4v) is 4.35.